The summed E-state index contributed by atoms with van der Waals surface area (Å²) in [5.74, 6) is -0.517. The summed E-state index contributed by atoms with van der Waals surface area (Å²) in [5.41, 5.74) is 1.18. The van der Waals surface area contributed by atoms with E-state index in [2.05, 4.69) is 10.6 Å². The Kier molecular flexibility index (Phi) is 7.82. The lowest BCUT2D eigenvalue weighted by Gasteiger charge is -2.08. The van der Waals surface area contributed by atoms with Crippen LogP contribution in [0.15, 0.2) is 48.5 Å². The van der Waals surface area contributed by atoms with Crippen LogP contribution >= 0.6 is 11.6 Å². The molecule has 2 amide bonds. The average molecular weight is 389 g/mol. The summed E-state index contributed by atoms with van der Waals surface area (Å²) >= 11 is 6.03. The van der Waals surface area contributed by atoms with Crippen molar-refractivity contribution in [2.24, 2.45) is 0 Å². The van der Waals surface area contributed by atoms with Crippen LogP contribution in [-0.2, 0) is 16.0 Å². The van der Waals surface area contributed by atoms with Crippen molar-refractivity contribution in [2.45, 2.75) is 19.8 Å². The quantitative estimate of drug-likeness (QED) is 0.413. The predicted molar refractivity (Wildman–Crippen MR) is 103 cm³/mol. The Morgan fingerprint density at radius 1 is 1.00 bits per heavy atom. The Balaban J connectivity index is 1.69. The number of rotatable bonds is 8. The van der Waals surface area contributed by atoms with E-state index < -0.39 is 5.97 Å². The molecule has 0 atom stereocenters. The minimum Gasteiger partial charge on any atom is -0.427 e. The molecule has 0 heterocycles. The lowest BCUT2D eigenvalue weighted by atomic mass is 10.1. The molecule has 0 bridgehead atoms. The molecule has 0 aliphatic rings. The molecule has 142 valence electrons. The lowest BCUT2D eigenvalue weighted by Crippen LogP contribution is -2.30. The first kappa shape index (κ1) is 20.5. The zero-order valence-corrected chi connectivity index (χ0v) is 15.7. The zero-order valence-electron chi connectivity index (χ0n) is 15.0. The van der Waals surface area contributed by atoms with Crippen molar-refractivity contribution in [2.75, 3.05) is 13.1 Å². The van der Waals surface area contributed by atoms with Gasteiger partial charge in [-0.05, 0) is 36.2 Å². The van der Waals surface area contributed by atoms with Gasteiger partial charge in [-0.3, -0.25) is 14.4 Å². The molecule has 6 nitrogen and oxygen atoms in total. The maximum absolute atomic E-state index is 12.1. The second kappa shape index (κ2) is 10.3. The lowest BCUT2D eigenvalue weighted by molar-refractivity contribution is -0.131. The first-order chi connectivity index (χ1) is 13.0. The van der Waals surface area contributed by atoms with Crippen molar-refractivity contribution in [1.82, 2.24) is 10.6 Å². The van der Waals surface area contributed by atoms with Crippen LogP contribution in [0.3, 0.4) is 0 Å². The summed E-state index contributed by atoms with van der Waals surface area (Å²) in [7, 11) is 0. The molecule has 0 unspecified atom stereocenters. The Labute approximate surface area is 162 Å². The van der Waals surface area contributed by atoms with Gasteiger partial charge in [-0.1, -0.05) is 35.9 Å². The third-order valence-corrected chi connectivity index (χ3v) is 4.00. The number of amides is 2. The van der Waals surface area contributed by atoms with Crippen LogP contribution in [0.25, 0.3) is 0 Å². The number of carbonyl (C=O) groups is 3. The van der Waals surface area contributed by atoms with E-state index in [-0.39, 0.29) is 18.2 Å². The van der Waals surface area contributed by atoms with Gasteiger partial charge >= 0.3 is 5.97 Å². The van der Waals surface area contributed by atoms with E-state index >= 15 is 0 Å². The van der Waals surface area contributed by atoms with Crippen LogP contribution < -0.4 is 15.4 Å². The van der Waals surface area contributed by atoms with Crippen molar-refractivity contribution in [3.63, 3.8) is 0 Å². The Morgan fingerprint density at radius 3 is 2.48 bits per heavy atom. The zero-order chi connectivity index (χ0) is 19.6. The minimum atomic E-state index is -0.444. The molecule has 0 saturated carbocycles. The highest BCUT2D eigenvalue weighted by atomic mass is 35.5. The highest BCUT2D eigenvalue weighted by Gasteiger charge is 2.08. The smallest absolute Gasteiger partial charge is 0.308 e. The molecule has 0 fully saturated rings. The monoisotopic (exact) mass is 388 g/mol. The maximum Gasteiger partial charge on any atom is 0.308 e. The largest absolute Gasteiger partial charge is 0.427 e. The summed E-state index contributed by atoms with van der Waals surface area (Å²) in [4.78, 5) is 35.0. The number of hydrogen-bond acceptors (Lipinski definition) is 4. The fraction of sp³-hybridized carbons (Fsp3) is 0.250. The number of benzene rings is 2. The molecule has 2 aromatic rings. The maximum atomic E-state index is 12.1. The minimum absolute atomic E-state index is 0.122. The van der Waals surface area contributed by atoms with E-state index in [4.69, 9.17) is 16.3 Å². The fourth-order valence-electron chi connectivity index (χ4n) is 2.36. The van der Waals surface area contributed by atoms with Gasteiger partial charge in [-0.15, -0.1) is 0 Å². The number of nitrogens with one attached hydrogen (secondary N) is 2. The topological polar surface area (TPSA) is 84.5 Å². The fourth-order valence-corrected chi connectivity index (χ4v) is 2.57. The van der Waals surface area contributed by atoms with E-state index in [1.165, 1.54) is 13.0 Å². The first-order valence-electron chi connectivity index (χ1n) is 8.52. The van der Waals surface area contributed by atoms with Crippen molar-refractivity contribution in [3.05, 3.63) is 64.7 Å². The molecule has 7 heteroatoms. The SMILES string of the molecule is CC(=O)Oc1cccc(C(=O)NCCCNC(=O)Cc2ccccc2Cl)c1. The predicted octanol–water partition coefficient (Wildman–Crippen LogP) is 2.74. The van der Waals surface area contributed by atoms with Gasteiger partial charge in [-0.2, -0.15) is 0 Å². The van der Waals surface area contributed by atoms with E-state index in [0.29, 0.717) is 35.8 Å². The van der Waals surface area contributed by atoms with E-state index in [1.807, 2.05) is 18.2 Å². The van der Waals surface area contributed by atoms with E-state index in [1.54, 1.807) is 24.3 Å². The molecule has 2 rings (SSSR count). The Hall–Kier alpha value is -2.86. The van der Waals surface area contributed by atoms with Gasteiger partial charge in [0.1, 0.15) is 5.75 Å². The molecule has 0 aromatic heterocycles. The van der Waals surface area contributed by atoms with Gasteiger partial charge < -0.3 is 15.4 Å². The highest BCUT2D eigenvalue weighted by molar-refractivity contribution is 6.31. The summed E-state index contributed by atoms with van der Waals surface area (Å²) < 4.78 is 4.96. The Morgan fingerprint density at radius 2 is 1.74 bits per heavy atom. The average Bonchev–Trinajstić information content (AvgIpc) is 2.63. The normalized spacial score (nSPS) is 10.1. The summed E-state index contributed by atoms with van der Waals surface area (Å²) in [6, 6.07) is 13.6. The summed E-state index contributed by atoms with van der Waals surface area (Å²) in [5, 5.41) is 6.12. The first-order valence-corrected chi connectivity index (χ1v) is 8.90. The van der Waals surface area contributed by atoms with Crippen molar-refractivity contribution >= 4 is 29.4 Å². The standard InChI is InChI=1S/C20H21ClN2O4/c1-14(24)27-17-8-4-7-16(12-17)20(26)23-11-5-10-22-19(25)13-15-6-2-3-9-18(15)21/h2-4,6-9,12H,5,10-11,13H2,1H3,(H,22,25)(H,23,26). The highest BCUT2D eigenvalue weighted by Crippen LogP contribution is 2.15. The van der Waals surface area contributed by atoms with E-state index in [9.17, 15) is 14.4 Å². The second-order valence-corrected chi connectivity index (χ2v) is 6.26. The number of esters is 1. The van der Waals surface area contributed by atoms with Crippen molar-refractivity contribution < 1.29 is 19.1 Å². The third-order valence-electron chi connectivity index (χ3n) is 3.63. The molecule has 0 aliphatic carbocycles. The molecule has 2 N–H and O–H groups in total. The molecule has 0 spiro atoms. The number of halogens is 1. The van der Waals surface area contributed by atoms with Gasteiger partial charge in [0.25, 0.3) is 5.91 Å². The summed E-state index contributed by atoms with van der Waals surface area (Å²) in [6.45, 7) is 2.15. The molecule has 0 aliphatic heterocycles. The molecule has 0 saturated heterocycles. The molecular formula is C20H21ClN2O4. The van der Waals surface area contributed by atoms with Crippen LogP contribution in [0, 0.1) is 0 Å². The van der Waals surface area contributed by atoms with Crippen LogP contribution in [0.1, 0.15) is 29.3 Å². The third kappa shape index (κ3) is 7.11. The second-order valence-electron chi connectivity index (χ2n) is 5.85. The molecular weight excluding hydrogens is 368 g/mol. The number of carbonyl (C=O) groups excluding carboxylic acids is 3. The van der Waals surface area contributed by atoms with Gasteiger partial charge in [0, 0.05) is 30.6 Å². The summed E-state index contributed by atoms with van der Waals surface area (Å²) in [6.07, 6.45) is 0.804. The molecule has 27 heavy (non-hydrogen) atoms. The van der Waals surface area contributed by atoms with Crippen LogP contribution in [0.2, 0.25) is 5.02 Å². The van der Waals surface area contributed by atoms with Crippen LogP contribution in [0.4, 0.5) is 0 Å². The molecule has 2 aromatic carbocycles. The van der Waals surface area contributed by atoms with Gasteiger partial charge in [0.05, 0.1) is 6.42 Å². The van der Waals surface area contributed by atoms with Gasteiger partial charge in [0.15, 0.2) is 0 Å². The number of ether oxygens (including phenoxy) is 1. The number of hydrogen-bond donors (Lipinski definition) is 2. The molecule has 0 radical (unpaired) electrons. The van der Waals surface area contributed by atoms with Crippen LogP contribution in [0.5, 0.6) is 5.75 Å². The Bertz CT molecular complexity index is 823. The van der Waals surface area contributed by atoms with Gasteiger partial charge in [-0.25, -0.2) is 0 Å². The van der Waals surface area contributed by atoms with E-state index in [0.717, 1.165) is 5.56 Å². The van der Waals surface area contributed by atoms with Gasteiger partial charge in [0.2, 0.25) is 5.91 Å². The van der Waals surface area contributed by atoms with Crippen molar-refractivity contribution in [3.8, 4) is 5.75 Å². The van der Waals surface area contributed by atoms with Crippen LogP contribution in [-0.4, -0.2) is 30.9 Å². The van der Waals surface area contributed by atoms with Crippen molar-refractivity contribution in [1.29, 1.82) is 0 Å².